The first-order valence-corrected chi connectivity index (χ1v) is 9.95. The van der Waals surface area contributed by atoms with Crippen LogP contribution in [0.15, 0.2) is 18.2 Å². The molecule has 1 aromatic rings. The summed E-state index contributed by atoms with van der Waals surface area (Å²) in [5.74, 6) is 1.37. The molecule has 2 nitrogen and oxygen atoms in total. The van der Waals surface area contributed by atoms with E-state index in [1.165, 1.54) is 56.9 Å². The monoisotopic (exact) mass is 324 g/mol. The second kappa shape index (κ2) is 7.70. The summed E-state index contributed by atoms with van der Waals surface area (Å²) in [5.41, 5.74) is 10.1. The highest BCUT2D eigenvalue weighted by atomic mass is 14.8. The smallest absolute Gasteiger partial charge is 0.104 e. The molecule has 0 saturated heterocycles. The van der Waals surface area contributed by atoms with Crippen molar-refractivity contribution >= 4 is 0 Å². The first kappa shape index (κ1) is 17.5. The van der Waals surface area contributed by atoms with E-state index in [1.807, 2.05) is 0 Å². The second-order valence-corrected chi connectivity index (χ2v) is 8.19. The number of aryl methyl sites for hydroxylation is 1. The van der Waals surface area contributed by atoms with Crippen LogP contribution in [-0.2, 0) is 12.8 Å². The molecule has 2 aliphatic rings. The molecule has 0 heterocycles. The maximum absolute atomic E-state index is 9.24. The minimum atomic E-state index is -0.593. The molecule has 3 rings (SSSR count). The Morgan fingerprint density at radius 2 is 2.08 bits per heavy atom. The normalized spacial score (nSPS) is 29.2. The van der Waals surface area contributed by atoms with E-state index in [-0.39, 0.29) is 0 Å². The number of hydrogen-bond acceptors (Lipinski definition) is 2. The first-order chi connectivity index (χ1) is 11.6. The zero-order valence-electron chi connectivity index (χ0n) is 15.2. The van der Waals surface area contributed by atoms with E-state index in [4.69, 9.17) is 5.73 Å². The van der Waals surface area contributed by atoms with E-state index >= 15 is 0 Å². The van der Waals surface area contributed by atoms with E-state index in [2.05, 4.69) is 31.2 Å². The molecule has 0 amide bonds. The van der Waals surface area contributed by atoms with Crippen molar-refractivity contribution in [3.63, 3.8) is 0 Å². The molecule has 2 aliphatic carbocycles. The van der Waals surface area contributed by atoms with E-state index in [9.17, 15) is 5.26 Å². The molecule has 2 unspecified atom stereocenters. The molecule has 0 aromatic heterocycles. The van der Waals surface area contributed by atoms with Crippen molar-refractivity contribution in [2.75, 3.05) is 0 Å². The summed E-state index contributed by atoms with van der Waals surface area (Å²) < 4.78 is 0. The molecule has 2 heteroatoms. The van der Waals surface area contributed by atoms with Crippen LogP contribution in [0.1, 0.15) is 87.3 Å². The van der Waals surface area contributed by atoms with Crippen LogP contribution in [0.4, 0.5) is 0 Å². The Labute approximate surface area is 147 Å². The lowest BCUT2D eigenvalue weighted by atomic mass is 9.79. The van der Waals surface area contributed by atoms with Gasteiger partial charge >= 0.3 is 0 Å². The zero-order valence-corrected chi connectivity index (χ0v) is 15.2. The number of hydrogen-bond donors (Lipinski definition) is 1. The Hall–Kier alpha value is -1.33. The SMILES string of the molecule is CCCCCC[C@@H]1CCc2cc(C3CCC(N)(C#N)C3)ccc2C1. The van der Waals surface area contributed by atoms with Crippen molar-refractivity contribution < 1.29 is 0 Å². The molecule has 0 radical (unpaired) electrons. The van der Waals surface area contributed by atoms with E-state index < -0.39 is 5.54 Å². The van der Waals surface area contributed by atoms with Gasteiger partial charge in [-0.25, -0.2) is 0 Å². The van der Waals surface area contributed by atoms with Gasteiger partial charge in [-0.2, -0.15) is 5.26 Å². The highest BCUT2D eigenvalue weighted by molar-refractivity contribution is 5.37. The van der Waals surface area contributed by atoms with Crippen molar-refractivity contribution in [2.24, 2.45) is 11.7 Å². The highest BCUT2D eigenvalue weighted by Crippen LogP contribution is 2.40. The Balaban J connectivity index is 1.59. The molecule has 24 heavy (non-hydrogen) atoms. The number of nitriles is 1. The van der Waals surface area contributed by atoms with E-state index in [1.54, 1.807) is 11.1 Å². The summed E-state index contributed by atoms with van der Waals surface area (Å²) in [7, 11) is 0. The van der Waals surface area contributed by atoms with Crippen LogP contribution < -0.4 is 5.73 Å². The van der Waals surface area contributed by atoms with E-state index in [0.717, 1.165) is 25.2 Å². The molecule has 0 aliphatic heterocycles. The maximum Gasteiger partial charge on any atom is 0.104 e. The molecule has 1 fully saturated rings. The Kier molecular flexibility index (Phi) is 5.61. The number of fused-ring (bicyclic) bond motifs is 1. The molecule has 3 atom stereocenters. The fraction of sp³-hybridized carbons (Fsp3) is 0.682. The van der Waals surface area contributed by atoms with Gasteiger partial charge < -0.3 is 5.73 Å². The van der Waals surface area contributed by atoms with Crippen molar-refractivity contribution in [3.05, 3.63) is 34.9 Å². The largest absolute Gasteiger partial charge is 0.313 e. The quantitative estimate of drug-likeness (QED) is 0.726. The third kappa shape index (κ3) is 4.01. The minimum Gasteiger partial charge on any atom is -0.313 e. The van der Waals surface area contributed by atoms with E-state index in [0.29, 0.717) is 5.92 Å². The molecule has 1 saturated carbocycles. The first-order valence-electron chi connectivity index (χ1n) is 9.95. The highest BCUT2D eigenvalue weighted by Gasteiger charge is 2.36. The minimum absolute atomic E-state index is 0.478. The van der Waals surface area contributed by atoms with Crippen molar-refractivity contribution in [2.45, 2.75) is 89.0 Å². The number of nitrogens with two attached hydrogens (primary N) is 1. The third-order valence-corrected chi connectivity index (χ3v) is 6.27. The summed E-state index contributed by atoms with van der Waals surface area (Å²) >= 11 is 0. The van der Waals surface area contributed by atoms with Gasteiger partial charge in [0.05, 0.1) is 6.07 Å². The standard InChI is InChI=1S/C22H32N2/c1-2-3-4-5-6-17-7-8-19-14-20(10-9-18(19)13-17)21-11-12-22(24,15-21)16-23/h9-10,14,17,21H,2-8,11-13,15,24H2,1H3/t17-,21?,22?/m1/s1. The van der Waals surface area contributed by atoms with Crippen LogP contribution in [0, 0.1) is 17.2 Å². The van der Waals surface area contributed by atoms with Crippen molar-refractivity contribution in [1.82, 2.24) is 0 Å². The van der Waals surface area contributed by atoms with Gasteiger partial charge in [-0.05, 0) is 67.1 Å². The molecule has 1 aromatic carbocycles. The van der Waals surface area contributed by atoms with Crippen molar-refractivity contribution in [1.29, 1.82) is 5.26 Å². The Morgan fingerprint density at radius 3 is 2.83 bits per heavy atom. The molecule has 0 bridgehead atoms. The molecule has 0 spiro atoms. The average Bonchev–Trinajstić information content (AvgIpc) is 3.01. The van der Waals surface area contributed by atoms with Gasteiger partial charge in [0.1, 0.15) is 5.54 Å². The predicted molar refractivity (Wildman–Crippen MR) is 99.8 cm³/mol. The number of rotatable bonds is 6. The predicted octanol–water partition coefficient (Wildman–Crippen LogP) is 5.25. The lowest BCUT2D eigenvalue weighted by Gasteiger charge is -2.26. The maximum atomic E-state index is 9.24. The number of nitrogens with zero attached hydrogens (tertiary/aromatic N) is 1. The summed E-state index contributed by atoms with van der Waals surface area (Å²) in [5, 5.41) is 9.24. The Bertz CT molecular complexity index is 600. The lowest BCUT2D eigenvalue weighted by Crippen LogP contribution is -2.34. The lowest BCUT2D eigenvalue weighted by molar-refractivity contribution is 0.405. The fourth-order valence-corrected chi connectivity index (χ4v) is 4.67. The van der Waals surface area contributed by atoms with Gasteiger partial charge in [0.2, 0.25) is 0 Å². The van der Waals surface area contributed by atoms with Crippen LogP contribution in [0.5, 0.6) is 0 Å². The van der Waals surface area contributed by atoms with Crippen LogP contribution in [0.2, 0.25) is 0 Å². The van der Waals surface area contributed by atoms with Crippen LogP contribution >= 0.6 is 0 Å². The number of unbranched alkanes of at least 4 members (excludes halogenated alkanes) is 3. The van der Waals surface area contributed by atoms with Gasteiger partial charge in [0.15, 0.2) is 0 Å². The summed E-state index contributed by atoms with van der Waals surface area (Å²) in [4.78, 5) is 0. The van der Waals surface area contributed by atoms with Crippen LogP contribution in [-0.4, -0.2) is 5.54 Å². The molecular formula is C22H32N2. The summed E-state index contributed by atoms with van der Waals surface area (Å²) in [6, 6.07) is 9.42. The third-order valence-electron chi connectivity index (χ3n) is 6.27. The molecular weight excluding hydrogens is 292 g/mol. The number of benzene rings is 1. The zero-order chi connectivity index (χ0) is 17.0. The second-order valence-electron chi connectivity index (χ2n) is 8.19. The van der Waals surface area contributed by atoms with Gasteiger partial charge in [0.25, 0.3) is 0 Å². The molecule has 130 valence electrons. The summed E-state index contributed by atoms with van der Waals surface area (Å²) in [6.07, 6.45) is 13.5. The topological polar surface area (TPSA) is 49.8 Å². The van der Waals surface area contributed by atoms with Gasteiger partial charge in [-0.1, -0.05) is 57.2 Å². The Morgan fingerprint density at radius 1 is 1.21 bits per heavy atom. The summed E-state index contributed by atoms with van der Waals surface area (Å²) in [6.45, 7) is 2.28. The van der Waals surface area contributed by atoms with Crippen LogP contribution in [0.3, 0.4) is 0 Å². The van der Waals surface area contributed by atoms with Gasteiger partial charge in [-0.3, -0.25) is 0 Å². The molecule has 2 N–H and O–H groups in total. The van der Waals surface area contributed by atoms with Crippen LogP contribution in [0.25, 0.3) is 0 Å². The fourth-order valence-electron chi connectivity index (χ4n) is 4.67. The van der Waals surface area contributed by atoms with Gasteiger partial charge in [0, 0.05) is 0 Å². The van der Waals surface area contributed by atoms with Gasteiger partial charge in [-0.15, -0.1) is 0 Å². The average molecular weight is 325 g/mol. The van der Waals surface area contributed by atoms with Crippen molar-refractivity contribution in [3.8, 4) is 6.07 Å².